The first-order valence-electron chi connectivity index (χ1n) is 10.2. The molecule has 30 heavy (non-hydrogen) atoms. The summed E-state index contributed by atoms with van der Waals surface area (Å²) in [5.41, 5.74) is 2.28. The molecule has 1 aliphatic rings. The van der Waals surface area contributed by atoms with Crippen LogP contribution in [0.5, 0.6) is 0 Å². The summed E-state index contributed by atoms with van der Waals surface area (Å²) >= 11 is -0.0683. The average molecular weight is 462 g/mol. The second-order valence-electron chi connectivity index (χ2n) is 7.45. The van der Waals surface area contributed by atoms with Crippen molar-refractivity contribution in [1.82, 2.24) is 4.90 Å². The first-order valence-corrected chi connectivity index (χ1v) is 11.9. The van der Waals surface area contributed by atoms with E-state index in [4.69, 9.17) is 0 Å². The van der Waals surface area contributed by atoms with Gasteiger partial charge in [-0.05, 0) is 0 Å². The normalized spacial score (nSPS) is 17.1. The molecule has 3 nitrogen and oxygen atoms in total. The summed E-state index contributed by atoms with van der Waals surface area (Å²) in [5.74, 6) is 0.0477. The molecule has 3 aromatic carbocycles. The molecule has 2 atom stereocenters. The molecule has 0 unspecified atom stereocenters. The Hall–Kier alpha value is -2.65. The number of aliphatic hydroxyl groups excluding tert-OH is 1. The van der Waals surface area contributed by atoms with Crippen molar-refractivity contribution in [1.29, 1.82) is 0 Å². The predicted octanol–water partition coefficient (Wildman–Crippen LogP) is 3.30. The molecule has 1 amide bonds. The first-order chi connectivity index (χ1) is 14.7. The van der Waals surface area contributed by atoms with Gasteiger partial charge in [0.1, 0.15) is 0 Å². The molecule has 4 heteroatoms. The summed E-state index contributed by atoms with van der Waals surface area (Å²) in [7, 11) is 0. The number of carbonyl (C=O) groups excluding carboxylic acids is 1. The van der Waals surface area contributed by atoms with Crippen molar-refractivity contribution >= 4 is 25.3 Å². The number of hydrogen-bond donors (Lipinski definition) is 1. The van der Waals surface area contributed by atoms with E-state index in [1.807, 2.05) is 77.7 Å². The Morgan fingerprint density at radius 3 is 2.03 bits per heavy atom. The van der Waals surface area contributed by atoms with Crippen molar-refractivity contribution in [2.75, 3.05) is 0 Å². The van der Waals surface area contributed by atoms with E-state index in [2.05, 4.69) is 24.3 Å². The molecule has 0 fully saturated rings. The van der Waals surface area contributed by atoms with Crippen molar-refractivity contribution in [2.24, 2.45) is 0 Å². The average Bonchev–Trinajstić information content (AvgIpc) is 3.09. The standard InChI is InChI=1S/C26H25NO2Se/c28-24(17-16-20-10-4-1-5-11-20)23-18-25(30-22-14-8-3-9-15-22)26(29)27(23)19-21-12-6-2-7-13-21/h1-15,18,23-24,28H,16-17,19H2/t23-,24-/m1/s1. The molecule has 4 rings (SSSR count). The Labute approximate surface area is 184 Å². The Bertz CT molecular complexity index is 989. The van der Waals surface area contributed by atoms with E-state index >= 15 is 0 Å². The van der Waals surface area contributed by atoms with Gasteiger partial charge in [-0.25, -0.2) is 0 Å². The fraction of sp³-hybridized carbons (Fsp3) is 0.192. The summed E-state index contributed by atoms with van der Waals surface area (Å²) < 4.78 is 2.00. The van der Waals surface area contributed by atoms with E-state index in [-0.39, 0.29) is 26.9 Å². The van der Waals surface area contributed by atoms with Crippen molar-refractivity contribution in [3.63, 3.8) is 0 Å². The predicted molar refractivity (Wildman–Crippen MR) is 121 cm³/mol. The van der Waals surface area contributed by atoms with Crippen molar-refractivity contribution in [3.8, 4) is 0 Å². The third-order valence-corrected chi connectivity index (χ3v) is 7.47. The molecular weight excluding hydrogens is 437 g/mol. The number of nitrogens with zero attached hydrogens (tertiary/aromatic N) is 1. The van der Waals surface area contributed by atoms with Gasteiger partial charge in [-0.15, -0.1) is 0 Å². The fourth-order valence-corrected chi connectivity index (χ4v) is 5.71. The fourth-order valence-electron chi connectivity index (χ4n) is 3.69. The van der Waals surface area contributed by atoms with Gasteiger partial charge in [0.15, 0.2) is 0 Å². The Morgan fingerprint density at radius 1 is 0.833 bits per heavy atom. The quantitative estimate of drug-likeness (QED) is 0.522. The molecule has 1 aliphatic heterocycles. The number of aryl methyl sites for hydroxylation is 1. The van der Waals surface area contributed by atoms with E-state index in [9.17, 15) is 9.90 Å². The van der Waals surface area contributed by atoms with Gasteiger partial charge in [0.05, 0.1) is 0 Å². The molecule has 0 saturated heterocycles. The van der Waals surface area contributed by atoms with Crippen LogP contribution in [0.25, 0.3) is 0 Å². The SMILES string of the molecule is O=C1C([Se]c2ccccc2)=C[C@H]([C@H](O)CCc2ccccc2)N1Cc1ccccc1. The second-order valence-corrected chi connectivity index (χ2v) is 9.79. The zero-order valence-electron chi connectivity index (χ0n) is 16.7. The van der Waals surface area contributed by atoms with Crippen molar-refractivity contribution < 1.29 is 9.90 Å². The molecule has 3 aromatic rings. The summed E-state index contributed by atoms with van der Waals surface area (Å²) in [6.07, 6.45) is 2.82. The van der Waals surface area contributed by atoms with E-state index in [0.29, 0.717) is 13.0 Å². The molecule has 0 spiro atoms. The molecule has 152 valence electrons. The van der Waals surface area contributed by atoms with Gasteiger partial charge >= 0.3 is 184 Å². The number of aliphatic hydroxyl groups is 1. The Balaban J connectivity index is 1.52. The number of rotatable bonds is 8. The van der Waals surface area contributed by atoms with E-state index in [0.717, 1.165) is 16.5 Å². The van der Waals surface area contributed by atoms with Gasteiger partial charge in [-0.2, -0.15) is 0 Å². The minimum absolute atomic E-state index is 0.0477. The van der Waals surface area contributed by atoms with Crippen LogP contribution < -0.4 is 4.46 Å². The van der Waals surface area contributed by atoms with Gasteiger partial charge < -0.3 is 0 Å². The van der Waals surface area contributed by atoms with Crippen LogP contribution in [0, 0.1) is 0 Å². The van der Waals surface area contributed by atoms with Gasteiger partial charge in [-0.1, -0.05) is 0 Å². The summed E-state index contributed by atoms with van der Waals surface area (Å²) in [4.78, 5) is 15.1. The maximum absolute atomic E-state index is 13.3. The van der Waals surface area contributed by atoms with Gasteiger partial charge in [0, 0.05) is 0 Å². The zero-order chi connectivity index (χ0) is 20.8. The van der Waals surface area contributed by atoms with Crippen molar-refractivity contribution in [2.45, 2.75) is 31.5 Å². The molecule has 1 N–H and O–H groups in total. The van der Waals surface area contributed by atoms with E-state index < -0.39 is 6.10 Å². The van der Waals surface area contributed by atoms with Crippen LogP contribution in [-0.2, 0) is 17.8 Å². The first kappa shape index (κ1) is 20.6. The number of benzene rings is 3. The molecule has 0 aliphatic carbocycles. The number of hydrogen-bond acceptors (Lipinski definition) is 2. The van der Waals surface area contributed by atoms with Crippen LogP contribution in [0.1, 0.15) is 17.5 Å². The van der Waals surface area contributed by atoms with Gasteiger partial charge in [-0.3, -0.25) is 0 Å². The third-order valence-electron chi connectivity index (χ3n) is 5.29. The van der Waals surface area contributed by atoms with Crippen LogP contribution in [0.4, 0.5) is 0 Å². The Morgan fingerprint density at radius 2 is 1.40 bits per heavy atom. The summed E-state index contributed by atoms with van der Waals surface area (Å²) in [5, 5.41) is 11.0. The molecule has 0 bridgehead atoms. The molecule has 1 heterocycles. The Kier molecular flexibility index (Phi) is 6.81. The number of amides is 1. The summed E-state index contributed by atoms with van der Waals surface area (Å²) in [6.45, 7) is 0.512. The van der Waals surface area contributed by atoms with Crippen LogP contribution in [0.3, 0.4) is 0 Å². The summed E-state index contributed by atoms with van der Waals surface area (Å²) in [6, 6.07) is 30.0. The van der Waals surface area contributed by atoms with E-state index in [1.54, 1.807) is 0 Å². The van der Waals surface area contributed by atoms with Crippen LogP contribution in [0.15, 0.2) is 102 Å². The monoisotopic (exact) mass is 463 g/mol. The molecule has 0 aromatic heterocycles. The van der Waals surface area contributed by atoms with Gasteiger partial charge in [0.2, 0.25) is 0 Å². The third kappa shape index (κ3) is 5.09. The molecule has 0 saturated carbocycles. The van der Waals surface area contributed by atoms with Gasteiger partial charge in [0.25, 0.3) is 0 Å². The van der Waals surface area contributed by atoms with Crippen LogP contribution in [-0.4, -0.2) is 43.0 Å². The van der Waals surface area contributed by atoms with E-state index in [1.165, 1.54) is 10.0 Å². The van der Waals surface area contributed by atoms with Crippen molar-refractivity contribution in [3.05, 3.63) is 113 Å². The minimum atomic E-state index is -0.595. The second kappa shape index (κ2) is 9.90. The van der Waals surface area contributed by atoms with Crippen LogP contribution in [0.2, 0.25) is 0 Å². The maximum atomic E-state index is 13.3. The topological polar surface area (TPSA) is 40.5 Å². The molecular formula is C26H25NO2Se. The van der Waals surface area contributed by atoms with Crippen LogP contribution >= 0.6 is 0 Å². The zero-order valence-corrected chi connectivity index (χ0v) is 18.4. The molecule has 0 radical (unpaired) electrons. The number of carbonyl (C=O) groups is 1.